The SMILES string of the molecule is COCCn1cc([C@H]2[C@H](C(=O)Nc3cnc(C4CC4)nc3)CC(=O)N2C(C)(C)C)cn1. The van der Waals surface area contributed by atoms with E-state index in [1.54, 1.807) is 30.4 Å². The first-order valence-electron chi connectivity index (χ1n) is 10.7. The Morgan fingerprint density at radius 2 is 1.94 bits per heavy atom. The minimum Gasteiger partial charge on any atom is -0.383 e. The molecule has 2 fully saturated rings. The summed E-state index contributed by atoms with van der Waals surface area (Å²) in [6.07, 6.45) is 9.33. The van der Waals surface area contributed by atoms with Gasteiger partial charge in [-0.2, -0.15) is 5.10 Å². The largest absolute Gasteiger partial charge is 0.383 e. The van der Waals surface area contributed by atoms with Crippen molar-refractivity contribution in [3.8, 4) is 0 Å². The normalized spacial score (nSPS) is 21.5. The maximum atomic E-state index is 13.2. The first kappa shape index (κ1) is 21.4. The van der Waals surface area contributed by atoms with Gasteiger partial charge < -0.3 is 15.0 Å². The molecule has 0 aromatic carbocycles. The molecule has 9 nitrogen and oxygen atoms in total. The van der Waals surface area contributed by atoms with Crippen LogP contribution in [0, 0.1) is 5.92 Å². The molecule has 0 radical (unpaired) electrons. The lowest BCUT2D eigenvalue weighted by molar-refractivity contribution is -0.133. The number of anilines is 1. The Balaban J connectivity index is 1.57. The van der Waals surface area contributed by atoms with Gasteiger partial charge in [0.15, 0.2) is 0 Å². The fraction of sp³-hybridized carbons (Fsp3) is 0.591. The summed E-state index contributed by atoms with van der Waals surface area (Å²) in [5, 5.41) is 7.31. The van der Waals surface area contributed by atoms with Crippen LogP contribution in [0.3, 0.4) is 0 Å². The Bertz CT molecular complexity index is 945. The molecule has 9 heteroatoms. The molecule has 4 rings (SSSR count). The minimum absolute atomic E-state index is 0.0392. The summed E-state index contributed by atoms with van der Waals surface area (Å²) in [5.74, 6) is 0.501. The van der Waals surface area contributed by atoms with Gasteiger partial charge >= 0.3 is 0 Å². The number of hydrogen-bond acceptors (Lipinski definition) is 6. The fourth-order valence-corrected chi connectivity index (χ4v) is 4.17. The van der Waals surface area contributed by atoms with Gasteiger partial charge in [0.05, 0.1) is 49.4 Å². The van der Waals surface area contributed by atoms with E-state index in [-0.39, 0.29) is 18.2 Å². The van der Waals surface area contributed by atoms with E-state index in [0.29, 0.717) is 24.8 Å². The quantitative estimate of drug-likeness (QED) is 0.730. The number of carbonyl (C=O) groups is 2. The molecule has 1 aliphatic carbocycles. The summed E-state index contributed by atoms with van der Waals surface area (Å²) < 4.78 is 6.90. The third-order valence-electron chi connectivity index (χ3n) is 5.78. The van der Waals surface area contributed by atoms with Gasteiger partial charge in [-0.05, 0) is 33.6 Å². The van der Waals surface area contributed by atoms with E-state index >= 15 is 0 Å². The van der Waals surface area contributed by atoms with Crippen LogP contribution in [0.1, 0.15) is 63.4 Å². The van der Waals surface area contributed by atoms with Crippen molar-refractivity contribution in [2.75, 3.05) is 19.0 Å². The number of ether oxygens (including phenoxy) is 1. The molecule has 1 N–H and O–H groups in total. The average molecular weight is 427 g/mol. The Hall–Kier alpha value is -2.81. The van der Waals surface area contributed by atoms with Crippen LogP contribution in [0.4, 0.5) is 5.69 Å². The van der Waals surface area contributed by atoms with Crippen molar-refractivity contribution in [1.29, 1.82) is 0 Å². The maximum Gasteiger partial charge on any atom is 0.230 e. The van der Waals surface area contributed by atoms with Gasteiger partial charge in [0.25, 0.3) is 0 Å². The van der Waals surface area contributed by atoms with Gasteiger partial charge in [0.1, 0.15) is 5.82 Å². The molecule has 2 atom stereocenters. The van der Waals surface area contributed by atoms with Gasteiger partial charge in [-0.3, -0.25) is 14.3 Å². The smallest absolute Gasteiger partial charge is 0.230 e. The molecule has 166 valence electrons. The van der Waals surface area contributed by atoms with Crippen LogP contribution in [0.2, 0.25) is 0 Å². The Kier molecular flexibility index (Phi) is 5.79. The molecule has 1 saturated carbocycles. The van der Waals surface area contributed by atoms with E-state index in [1.807, 2.05) is 31.9 Å². The summed E-state index contributed by atoms with van der Waals surface area (Å²) >= 11 is 0. The number of amides is 2. The van der Waals surface area contributed by atoms with Crippen LogP contribution < -0.4 is 5.32 Å². The standard InChI is InChI=1S/C22H30N6O3/c1-22(2,3)28-18(29)9-17(19(28)15-10-25-27(13-15)7-8-31-4)21(30)26-16-11-23-20(24-12-16)14-5-6-14/h10-14,17,19H,5-9H2,1-4H3,(H,26,30)/t17-,19+/m1/s1. The molecule has 3 heterocycles. The van der Waals surface area contributed by atoms with Gasteiger partial charge in [-0.25, -0.2) is 9.97 Å². The predicted octanol–water partition coefficient (Wildman–Crippen LogP) is 2.52. The monoisotopic (exact) mass is 426 g/mol. The number of methoxy groups -OCH3 is 1. The highest BCUT2D eigenvalue weighted by molar-refractivity contribution is 5.98. The molecule has 2 aromatic rings. The predicted molar refractivity (Wildman–Crippen MR) is 114 cm³/mol. The second-order valence-electron chi connectivity index (χ2n) is 9.31. The van der Waals surface area contributed by atoms with Crippen LogP contribution in [-0.4, -0.2) is 55.7 Å². The van der Waals surface area contributed by atoms with Crippen LogP contribution in [0.15, 0.2) is 24.8 Å². The van der Waals surface area contributed by atoms with Crippen LogP contribution in [0.25, 0.3) is 0 Å². The summed E-state index contributed by atoms with van der Waals surface area (Å²) in [6.45, 7) is 7.09. The number of likely N-dealkylation sites (tertiary alicyclic amines) is 1. The van der Waals surface area contributed by atoms with E-state index in [4.69, 9.17) is 4.74 Å². The number of carbonyl (C=O) groups excluding carboxylic acids is 2. The van der Waals surface area contributed by atoms with Gasteiger partial charge in [-0.15, -0.1) is 0 Å². The molecule has 1 aliphatic heterocycles. The van der Waals surface area contributed by atoms with E-state index < -0.39 is 17.5 Å². The van der Waals surface area contributed by atoms with E-state index in [2.05, 4.69) is 20.4 Å². The lowest BCUT2D eigenvalue weighted by atomic mass is 9.92. The number of hydrogen-bond donors (Lipinski definition) is 1. The van der Waals surface area contributed by atoms with Gasteiger partial charge in [0.2, 0.25) is 11.8 Å². The van der Waals surface area contributed by atoms with Crippen LogP contribution in [-0.2, 0) is 20.9 Å². The Morgan fingerprint density at radius 1 is 1.23 bits per heavy atom. The molecule has 0 spiro atoms. The highest BCUT2D eigenvalue weighted by Crippen LogP contribution is 2.43. The zero-order valence-corrected chi connectivity index (χ0v) is 18.5. The van der Waals surface area contributed by atoms with Crippen molar-refractivity contribution in [3.63, 3.8) is 0 Å². The molecule has 2 amide bonds. The van der Waals surface area contributed by atoms with Crippen molar-refractivity contribution in [2.24, 2.45) is 5.92 Å². The zero-order valence-electron chi connectivity index (χ0n) is 18.5. The highest BCUT2D eigenvalue weighted by Gasteiger charge is 2.49. The topological polar surface area (TPSA) is 102 Å². The molecule has 1 saturated heterocycles. The van der Waals surface area contributed by atoms with E-state index in [0.717, 1.165) is 24.2 Å². The number of nitrogens with one attached hydrogen (secondary N) is 1. The van der Waals surface area contributed by atoms with E-state index in [1.165, 1.54) is 0 Å². The van der Waals surface area contributed by atoms with Crippen molar-refractivity contribution in [3.05, 3.63) is 36.2 Å². The summed E-state index contributed by atoms with van der Waals surface area (Å²) in [5.41, 5.74) is 0.962. The summed E-state index contributed by atoms with van der Waals surface area (Å²) in [7, 11) is 1.64. The average Bonchev–Trinajstić information content (AvgIpc) is 3.35. The second kappa shape index (κ2) is 8.37. The van der Waals surface area contributed by atoms with E-state index in [9.17, 15) is 9.59 Å². The Labute approximate surface area is 182 Å². The molecular weight excluding hydrogens is 396 g/mol. The fourth-order valence-electron chi connectivity index (χ4n) is 4.17. The summed E-state index contributed by atoms with van der Waals surface area (Å²) in [4.78, 5) is 36.7. The van der Waals surface area contributed by atoms with Crippen molar-refractivity contribution in [2.45, 2.75) is 64.1 Å². The number of nitrogens with zero attached hydrogens (tertiary/aromatic N) is 5. The van der Waals surface area contributed by atoms with Crippen LogP contribution >= 0.6 is 0 Å². The molecule has 0 unspecified atom stereocenters. The molecule has 31 heavy (non-hydrogen) atoms. The first-order valence-corrected chi connectivity index (χ1v) is 10.7. The van der Waals surface area contributed by atoms with Crippen molar-refractivity contribution in [1.82, 2.24) is 24.6 Å². The first-order chi connectivity index (χ1) is 14.8. The summed E-state index contributed by atoms with van der Waals surface area (Å²) in [6, 6.07) is -0.393. The van der Waals surface area contributed by atoms with Gasteiger partial charge in [-0.1, -0.05) is 0 Å². The molecular formula is C22H30N6O3. The van der Waals surface area contributed by atoms with Crippen molar-refractivity contribution < 1.29 is 14.3 Å². The Morgan fingerprint density at radius 3 is 2.55 bits per heavy atom. The maximum absolute atomic E-state index is 13.2. The lowest BCUT2D eigenvalue weighted by Gasteiger charge is -2.38. The third-order valence-corrected chi connectivity index (χ3v) is 5.78. The van der Waals surface area contributed by atoms with Crippen molar-refractivity contribution >= 4 is 17.5 Å². The molecule has 0 bridgehead atoms. The lowest BCUT2D eigenvalue weighted by Crippen LogP contribution is -2.44. The molecule has 2 aromatic heterocycles. The van der Waals surface area contributed by atoms with Gasteiger partial charge in [0, 0.05) is 36.7 Å². The third kappa shape index (κ3) is 4.61. The number of aromatic nitrogens is 4. The second-order valence-corrected chi connectivity index (χ2v) is 9.31. The molecule has 2 aliphatic rings. The zero-order chi connectivity index (χ0) is 22.2. The number of rotatable bonds is 7. The minimum atomic E-state index is -0.532. The highest BCUT2D eigenvalue weighted by atomic mass is 16.5. The van der Waals surface area contributed by atoms with Crippen LogP contribution in [0.5, 0.6) is 0 Å².